The molecule has 0 aliphatic carbocycles. The zero-order valence-corrected chi connectivity index (χ0v) is 19.0. The molecule has 0 bridgehead atoms. The molecule has 1 fully saturated rings. The number of rotatable bonds is 7. The summed E-state index contributed by atoms with van der Waals surface area (Å²) in [5, 5.41) is 3.65. The quantitative estimate of drug-likeness (QED) is 0.611. The lowest BCUT2D eigenvalue weighted by molar-refractivity contribution is -0.122. The third-order valence-electron chi connectivity index (χ3n) is 6.04. The molecule has 1 aromatic carbocycles. The lowest BCUT2D eigenvalue weighted by Crippen LogP contribution is -2.39. The van der Waals surface area contributed by atoms with Crippen LogP contribution in [0.4, 0.5) is 0 Å². The Balaban J connectivity index is 1.47. The summed E-state index contributed by atoms with van der Waals surface area (Å²) in [6.07, 6.45) is 3.81. The fourth-order valence-corrected chi connectivity index (χ4v) is 5.13. The van der Waals surface area contributed by atoms with Gasteiger partial charge >= 0.3 is 0 Å². The van der Waals surface area contributed by atoms with Gasteiger partial charge in [-0.2, -0.15) is 0 Å². The predicted octanol–water partition coefficient (Wildman–Crippen LogP) is 3.04. The number of hydrogen-bond donors (Lipinski definition) is 1. The van der Waals surface area contributed by atoms with Gasteiger partial charge in [-0.1, -0.05) is 12.1 Å². The molecule has 0 saturated carbocycles. The number of methoxy groups -OCH3 is 1. The van der Waals surface area contributed by atoms with E-state index < -0.39 is 0 Å². The standard InChI is InChI=1S/C23H28N4O3S/c1-15-16(2)31-22-21(15)23(29)27(14-25-22)13-20(28)24-12-19(26-10-4-5-11-26)17-6-8-18(30-3)9-7-17/h6-9,14,19H,4-5,10-13H2,1-3H3,(H,24,28). The summed E-state index contributed by atoms with van der Waals surface area (Å²) in [4.78, 5) is 34.2. The van der Waals surface area contributed by atoms with E-state index in [9.17, 15) is 9.59 Å². The van der Waals surface area contributed by atoms with Gasteiger partial charge in [0.1, 0.15) is 17.1 Å². The van der Waals surface area contributed by atoms with Gasteiger partial charge in [0.05, 0.1) is 24.9 Å². The number of benzene rings is 1. The van der Waals surface area contributed by atoms with E-state index in [1.54, 1.807) is 7.11 Å². The van der Waals surface area contributed by atoms with Gasteiger partial charge in [0, 0.05) is 11.4 Å². The Kier molecular flexibility index (Phi) is 6.38. The molecule has 31 heavy (non-hydrogen) atoms. The van der Waals surface area contributed by atoms with E-state index in [-0.39, 0.29) is 24.1 Å². The van der Waals surface area contributed by atoms with E-state index in [0.29, 0.717) is 11.9 Å². The molecule has 4 rings (SSSR count). The molecule has 164 valence electrons. The van der Waals surface area contributed by atoms with Gasteiger partial charge in [0.25, 0.3) is 5.56 Å². The van der Waals surface area contributed by atoms with Crippen molar-refractivity contribution in [2.24, 2.45) is 0 Å². The number of carbonyl (C=O) groups excluding carboxylic acids is 1. The number of ether oxygens (including phenoxy) is 1. The molecular weight excluding hydrogens is 412 g/mol. The number of amides is 1. The van der Waals surface area contributed by atoms with Gasteiger partial charge in [0.15, 0.2) is 0 Å². The van der Waals surface area contributed by atoms with E-state index in [0.717, 1.165) is 39.7 Å². The van der Waals surface area contributed by atoms with Crippen LogP contribution in [0.1, 0.15) is 34.9 Å². The molecule has 3 heterocycles. The van der Waals surface area contributed by atoms with Crippen molar-refractivity contribution in [1.82, 2.24) is 19.8 Å². The first-order chi connectivity index (χ1) is 15.0. The van der Waals surface area contributed by atoms with Crippen LogP contribution >= 0.6 is 11.3 Å². The maximum absolute atomic E-state index is 12.9. The van der Waals surface area contributed by atoms with Gasteiger partial charge in [-0.05, 0) is 63.0 Å². The molecule has 1 aliphatic rings. The van der Waals surface area contributed by atoms with Crippen molar-refractivity contribution in [3.63, 3.8) is 0 Å². The van der Waals surface area contributed by atoms with Crippen molar-refractivity contribution in [3.05, 3.63) is 57.0 Å². The number of nitrogens with zero attached hydrogens (tertiary/aromatic N) is 3. The van der Waals surface area contributed by atoms with Crippen LogP contribution in [-0.4, -0.2) is 47.1 Å². The number of fused-ring (bicyclic) bond motifs is 1. The predicted molar refractivity (Wildman–Crippen MR) is 123 cm³/mol. The maximum atomic E-state index is 12.9. The molecule has 1 aliphatic heterocycles. The molecule has 1 saturated heterocycles. The summed E-state index contributed by atoms with van der Waals surface area (Å²) in [5.74, 6) is 0.625. The molecule has 1 unspecified atom stereocenters. The highest BCUT2D eigenvalue weighted by atomic mass is 32.1. The van der Waals surface area contributed by atoms with Crippen molar-refractivity contribution in [1.29, 1.82) is 0 Å². The van der Waals surface area contributed by atoms with E-state index >= 15 is 0 Å². The lowest BCUT2D eigenvalue weighted by Gasteiger charge is -2.28. The summed E-state index contributed by atoms with van der Waals surface area (Å²) >= 11 is 1.51. The molecule has 1 atom stereocenters. The molecule has 8 heteroatoms. The maximum Gasteiger partial charge on any atom is 0.262 e. The Bertz CT molecular complexity index is 1130. The Morgan fingerprint density at radius 2 is 1.94 bits per heavy atom. The van der Waals surface area contributed by atoms with Gasteiger partial charge in [-0.25, -0.2) is 4.98 Å². The van der Waals surface area contributed by atoms with Crippen LogP contribution < -0.4 is 15.6 Å². The number of thiophene rings is 1. The van der Waals surface area contributed by atoms with Crippen molar-refractivity contribution in [2.45, 2.75) is 39.3 Å². The largest absolute Gasteiger partial charge is 0.497 e. The highest BCUT2D eigenvalue weighted by Gasteiger charge is 2.24. The number of aryl methyl sites for hydroxylation is 2. The second-order valence-corrected chi connectivity index (χ2v) is 9.18. The number of hydrogen-bond acceptors (Lipinski definition) is 6. The van der Waals surface area contributed by atoms with E-state index in [2.05, 4.69) is 27.3 Å². The molecule has 1 amide bonds. The molecular formula is C23H28N4O3S. The van der Waals surface area contributed by atoms with Crippen LogP contribution in [0.15, 0.2) is 35.4 Å². The second-order valence-electron chi connectivity index (χ2n) is 7.98. The number of nitrogens with one attached hydrogen (secondary N) is 1. The zero-order chi connectivity index (χ0) is 22.0. The highest BCUT2D eigenvalue weighted by Crippen LogP contribution is 2.27. The summed E-state index contributed by atoms with van der Waals surface area (Å²) in [7, 11) is 1.65. The fraction of sp³-hybridized carbons (Fsp3) is 0.435. The van der Waals surface area contributed by atoms with Crippen LogP contribution in [-0.2, 0) is 11.3 Å². The van der Waals surface area contributed by atoms with Gasteiger partial charge < -0.3 is 10.1 Å². The molecule has 3 aromatic rings. The normalized spacial score (nSPS) is 15.3. The third-order valence-corrected chi connectivity index (χ3v) is 7.16. The number of aromatic nitrogens is 2. The van der Waals surface area contributed by atoms with Crippen molar-refractivity contribution < 1.29 is 9.53 Å². The third kappa shape index (κ3) is 4.50. The van der Waals surface area contributed by atoms with Crippen LogP contribution in [0.2, 0.25) is 0 Å². The van der Waals surface area contributed by atoms with Crippen molar-refractivity contribution in [3.8, 4) is 5.75 Å². The summed E-state index contributed by atoms with van der Waals surface area (Å²) in [6, 6.07) is 8.10. The Hall–Kier alpha value is -2.71. The van der Waals surface area contributed by atoms with E-state index in [1.807, 2.05) is 26.0 Å². The fourth-order valence-electron chi connectivity index (χ4n) is 4.14. The molecule has 0 radical (unpaired) electrons. The first-order valence-electron chi connectivity index (χ1n) is 10.6. The smallest absolute Gasteiger partial charge is 0.262 e. The van der Waals surface area contributed by atoms with Crippen LogP contribution in [0.3, 0.4) is 0 Å². The SMILES string of the molecule is COc1ccc(C(CNC(=O)Cn2cnc3sc(C)c(C)c3c2=O)N2CCCC2)cc1. The van der Waals surface area contributed by atoms with Gasteiger partial charge in [-0.3, -0.25) is 19.1 Å². The van der Waals surface area contributed by atoms with Crippen molar-refractivity contribution >= 4 is 27.5 Å². The Morgan fingerprint density at radius 3 is 2.61 bits per heavy atom. The average molecular weight is 441 g/mol. The summed E-state index contributed by atoms with van der Waals surface area (Å²) in [6.45, 7) is 6.40. The topological polar surface area (TPSA) is 76.5 Å². The minimum Gasteiger partial charge on any atom is -0.497 e. The monoisotopic (exact) mass is 440 g/mol. The van der Waals surface area contributed by atoms with Gasteiger partial charge in [0.2, 0.25) is 5.91 Å². The first-order valence-corrected chi connectivity index (χ1v) is 11.4. The minimum atomic E-state index is -0.189. The molecule has 0 spiro atoms. The van der Waals surface area contributed by atoms with Crippen LogP contribution in [0, 0.1) is 13.8 Å². The lowest BCUT2D eigenvalue weighted by atomic mass is 10.1. The summed E-state index contributed by atoms with van der Waals surface area (Å²) in [5.41, 5.74) is 1.93. The van der Waals surface area contributed by atoms with Gasteiger partial charge in [-0.15, -0.1) is 11.3 Å². The van der Waals surface area contributed by atoms with Crippen LogP contribution in [0.25, 0.3) is 10.2 Å². The summed E-state index contributed by atoms with van der Waals surface area (Å²) < 4.78 is 6.67. The minimum absolute atomic E-state index is 0.0363. The number of likely N-dealkylation sites (tertiary alicyclic amines) is 1. The molecule has 7 nitrogen and oxygen atoms in total. The van der Waals surface area contributed by atoms with Crippen molar-refractivity contribution in [2.75, 3.05) is 26.7 Å². The first kappa shape index (κ1) is 21.5. The second kappa shape index (κ2) is 9.20. The van der Waals surface area contributed by atoms with E-state index in [1.165, 1.54) is 35.1 Å². The Labute approximate surface area is 185 Å². The average Bonchev–Trinajstić information content (AvgIpc) is 3.40. The molecule has 2 aromatic heterocycles. The van der Waals surface area contributed by atoms with Crippen LogP contribution in [0.5, 0.6) is 5.75 Å². The van der Waals surface area contributed by atoms with E-state index in [4.69, 9.17) is 4.74 Å². The molecule has 1 N–H and O–H groups in total. The highest BCUT2D eigenvalue weighted by molar-refractivity contribution is 7.18. The number of carbonyl (C=O) groups is 1. The zero-order valence-electron chi connectivity index (χ0n) is 18.2. The Morgan fingerprint density at radius 1 is 1.23 bits per heavy atom.